The molecule has 27 heavy (non-hydrogen) atoms. The predicted molar refractivity (Wildman–Crippen MR) is 87.0 cm³/mol. The molecule has 1 aliphatic heterocycles. The number of carbonyl (C=O) groups excluding carboxylic acids is 1. The smallest absolute Gasteiger partial charge is 0.433 e. The first kappa shape index (κ1) is 17.5. The van der Waals surface area contributed by atoms with Crippen molar-refractivity contribution >= 4 is 11.6 Å². The summed E-state index contributed by atoms with van der Waals surface area (Å²) >= 11 is 0. The fraction of sp³-hybridized carbons (Fsp3) is 0.353. The highest BCUT2D eigenvalue weighted by Gasteiger charge is 2.36. The summed E-state index contributed by atoms with van der Waals surface area (Å²) in [5, 5.41) is 6.39. The molecule has 1 fully saturated rings. The van der Waals surface area contributed by atoms with Crippen LogP contribution in [0.3, 0.4) is 0 Å². The van der Waals surface area contributed by atoms with Crippen molar-refractivity contribution in [3.8, 4) is 11.5 Å². The van der Waals surface area contributed by atoms with E-state index in [1.807, 2.05) is 0 Å². The third-order valence-electron chi connectivity index (χ3n) is 4.29. The molecule has 0 bridgehead atoms. The van der Waals surface area contributed by atoms with Crippen LogP contribution in [0.2, 0.25) is 0 Å². The number of halogens is 3. The van der Waals surface area contributed by atoms with Gasteiger partial charge in [-0.3, -0.25) is 4.79 Å². The molecule has 3 aromatic rings. The molecule has 0 unspecified atom stereocenters. The second-order valence-corrected chi connectivity index (χ2v) is 6.14. The molecule has 1 amide bonds. The van der Waals surface area contributed by atoms with Crippen LogP contribution in [0.25, 0.3) is 17.1 Å². The molecule has 7 nitrogen and oxygen atoms in total. The van der Waals surface area contributed by atoms with E-state index in [2.05, 4.69) is 15.4 Å². The first-order valence-electron chi connectivity index (χ1n) is 8.33. The average molecular weight is 380 g/mol. The van der Waals surface area contributed by atoms with Crippen molar-refractivity contribution in [1.82, 2.24) is 19.9 Å². The topological polar surface area (TPSA) is 81.7 Å². The molecule has 0 saturated carbocycles. The van der Waals surface area contributed by atoms with E-state index >= 15 is 0 Å². The maximum Gasteiger partial charge on any atom is 0.433 e. The molecule has 142 valence electrons. The maximum atomic E-state index is 13.5. The number of nitrogens with one attached hydrogen (secondary N) is 1. The molecule has 0 spiro atoms. The highest BCUT2D eigenvalue weighted by atomic mass is 19.4. The summed E-state index contributed by atoms with van der Waals surface area (Å²) in [6, 6.07) is 3.87. The van der Waals surface area contributed by atoms with Gasteiger partial charge in [-0.25, -0.2) is 9.50 Å². The lowest BCUT2D eigenvalue weighted by molar-refractivity contribution is -0.142. The van der Waals surface area contributed by atoms with E-state index in [1.54, 1.807) is 6.07 Å². The number of hydrogen-bond donors (Lipinski definition) is 1. The normalized spacial score (nSPS) is 17.5. The van der Waals surface area contributed by atoms with Gasteiger partial charge in [0.05, 0.1) is 18.6 Å². The molecule has 0 aromatic carbocycles. The van der Waals surface area contributed by atoms with Gasteiger partial charge in [-0.15, -0.1) is 0 Å². The van der Waals surface area contributed by atoms with Crippen LogP contribution in [0, 0.1) is 0 Å². The molecule has 0 radical (unpaired) electrons. The van der Waals surface area contributed by atoms with E-state index in [9.17, 15) is 18.0 Å². The molecule has 1 N–H and O–H groups in total. The maximum absolute atomic E-state index is 13.5. The Bertz CT molecular complexity index is 960. The summed E-state index contributed by atoms with van der Waals surface area (Å²) in [6.07, 6.45) is -0.615. The minimum atomic E-state index is -4.68. The molecule has 3 aromatic heterocycles. The summed E-state index contributed by atoms with van der Waals surface area (Å²) in [5.74, 6) is -0.396. The fourth-order valence-corrected chi connectivity index (χ4v) is 2.98. The van der Waals surface area contributed by atoms with Crippen LogP contribution in [0.5, 0.6) is 0 Å². The van der Waals surface area contributed by atoms with Gasteiger partial charge in [0.1, 0.15) is 11.3 Å². The Morgan fingerprint density at radius 3 is 2.93 bits per heavy atom. The number of aromatic nitrogens is 3. The Morgan fingerprint density at radius 1 is 1.41 bits per heavy atom. The number of alkyl halides is 3. The molecule has 1 atom stereocenters. The Labute approximate surface area is 151 Å². The van der Waals surface area contributed by atoms with Crippen LogP contribution < -0.4 is 5.32 Å². The van der Waals surface area contributed by atoms with Gasteiger partial charge in [0.2, 0.25) is 0 Å². The van der Waals surface area contributed by atoms with Crippen molar-refractivity contribution in [3.63, 3.8) is 0 Å². The van der Waals surface area contributed by atoms with E-state index in [0.717, 1.165) is 25.1 Å². The van der Waals surface area contributed by atoms with Crippen molar-refractivity contribution in [2.45, 2.75) is 25.1 Å². The average Bonchev–Trinajstić information content (AvgIpc) is 3.39. The lowest BCUT2D eigenvalue weighted by Crippen LogP contribution is -2.31. The molecule has 10 heteroatoms. The van der Waals surface area contributed by atoms with Gasteiger partial charge in [-0.05, 0) is 31.0 Å². The number of carbonyl (C=O) groups is 1. The summed E-state index contributed by atoms with van der Waals surface area (Å²) in [7, 11) is 0. The summed E-state index contributed by atoms with van der Waals surface area (Å²) in [6.45, 7) is 0.917. The third-order valence-corrected chi connectivity index (χ3v) is 4.29. The van der Waals surface area contributed by atoms with Crippen molar-refractivity contribution in [2.24, 2.45) is 0 Å². The predicted octanol–water partition coefficient (Wildman–Crippen LogP) is 2.92. The molecule has 1 saturated heterocycles. The number of hydrogen-bond acceptors (Lipinski definition) is 5. The number of ether oxygens (including phenoxy) is 1. The van der Waals surface area contributed by atoms with Gasteiger partial charge in [-0.2, -0.15) is 18.3 Å². The Hall–Kier alpha value is -2.88. The van der Waals surface area contributed by atoms with Crippen LogP contribution in [0.1, 0.15) is 28.9 Å². The highest BCUT2D eigenvalue weighted by molar-refractivity contribution is 5.99. The molecular weight excluding hydrogens is 365 g/mol. The molecular formula is C17H15F3N4O3. The second-order valence-electron chi connectivity index (χ2n) is 6.14. The SMILES string of the molecule is O=C(NC[C@@H]1CCCO1)c1cnn2c(C(F)(F)F)cc(-c3ccco3)nc12. The number of furan rings is 1. The van der Waals surface area contributed by atoms with Crippen molar-refractivity contribution < 1.29 is 27.1 Å². The Morgan fingerprint density at radius 2 is 2.26 bits per heavy atom. The Balaban J connectivity index is 1.73. The number of fused-ring (bicyclic) bond motifs is 1. The van der Waals surface area contributed by atoms with E-state index in [1.165, 1.54) is 12.3 Å². The lowest BCUT2D eigenvalue weighted by atomic mass is 10.2. The van der Waals surface area contributed by atoms with Crippen LogP contribution >= 0.6 is 0 Å². The van der Waals surface area contributed by atoms with Gasteiger partial charge in [-0.1, -0.05) is 0 Å². The Kier molecular flexibility index (Phi) is 4.34. The van der Waals surface area contributed by atoms with Crippen LogP contribution in [0.15, 0.2) is 35.1 Å². The van der Waals surface area contributed by atoms with Gasteiger partial charge in [0.15, 0.2) is 17.1 Å². The highest BCUT2D eigenvalue weighted by Crippen LogP contribution is 2.32. The summed E-state index contributed by atoms with van der Waals surface area (Å²) < 4.78 is 51.6. The quantitative estimate of drug-likeness (QED) is 0.753. The van der Waals surface area contributed by atoms with E-state index in [4.69, 9.17) is 9.15 Å². The lowest BCUT2D eigenvalue weighted by Gasteiger charge is -2.11. The van der Waals surface area contributed by atoms with E-state index in [0.29, 0.717) is 11.1 Å². The third kappa shape index (κ3) is 3.39. The van der Waals surface area contributed by atoms with Gasteiger partial charge in [0.25, 0.3) is 5.91 Å². The van der Waals surface area contributed by atoms with Crippen molar-refractivity contribution in [3.05, 3.63) is 41.9 Å². The number of nitrogens with zero attached hydrogens (tertiary/aromatic N) is 3. The first-order valence-corrected chi connectivity index (χ1v) is 8.33. The minimum absolute atomic E-state index is 0.0338. The molecule has 4 heterocycles. The number of rotatable bonds is 4. The summed E-state index contributed by atoms with van der Waals surface area (Å²) in [4.78, 5) is 16.6. The molecule has 0 aliphatic carbocycles. The van der Waals surface area contributed by atoms with Gasteiger partial charge < -0.3 is 14.5 Å². The van der Waals surface area contributed by atoms with E-state index < -0.39 is 17.8 Å². The largest absolute Gasteiger partial charge is 0.463 e. The first-order chi connectivity index (χ1) is 12.9. The standard InChI is InChI=1S/C17H15F3N4O3/c18-17(19,20)14-7-12(13-4-2-6-27-13)23-15-11(9-22-24(14)15)16(25)21-8-10-3-1-5-26-10/h2,4,6-7,9-10H,1,3,5,8H2,(H,21,25)/t10-/m0/s1. The minimum Gasteiger partial charge on any atom is -0.463 e. The number of amides is 1. The zero-order valence-corrected chi connectivity index (χ0v) is 14.0. The fourth-order valence-electron chi connectivity index (χ4n) is 2.98. The summed E-state index contributed by atoms with van der Waals surface area (Å²) in [5.41, 5.74) is -1.32. The molecule has 1 aliphatic rings. The van der Waals surface area contributed by atoms with Crippen LogP contribution in [0.4, 0.5) is 13.2 Å². The van der Waals surface area contributed by atoms with Crippen LogP contribution in [-0.2, 0) is 10.9 Å². The van der Waals surface area contributed by atoms with Gasteiger partial charge >= 0.3 is 6.18 Å². The zero-order chi connectivity index (χ0) is 19.0. The van der Waals surface area contributed by atoms with E-state index in [-0.39, 0.29) is 35.3 Å². The van der Waals surface area contributed by atoms with Crippen molar-refractivity contribution in [2.75, 3.05) is 13.2 Å². The van der Waals surface area contributed by atoms with Crippen molar-refractivity contribution in [1.29, 1.82) is 0 Å². The monoisotopic (exact) mass is 380 g/mol. The van der Waals surface area contributed by atoms with Crippen LogP contribution in [-0.4, -0.2) is 39.8 Å². The van der Waals surface area contributed by atoms with Gasteiger partial charge in [0, 0.05) is 13.2 Å². The molecule has 4 rings (SSSR count). The zero-order valence-electron chi connectivity index (χ0n) is 14.0. The second kappa shape index (κ2) is 6.69.